The summed E-state index contributed by atoms with van der Waals surface area (Å²) in [6, 6.07) is 6.86. The van der Waals surface area contributed by atoms with Crippen molar-refractivity contribution in [2.75, 3.05) is 0 Å². The van der Waals surface area contributed by atoms with Crippen LogP contribution in [-0.4, -0.2) is 21.7 Å². The van der Waals surface area contributed by atoms with Crippen molar-refractivity contribution in [2.24, 2.45) is 0 Å². The molecule has 21 heavy (non-hydrogen) atoms. The number of aryl methyl sites for hydroxylation is 2. The number of hydrogen-bond acceptors (Lipinski definition) is 4. The van der Waals surface area contributed by atoms with Crippen LogP contribution < -0.4 is 4.74 Å². The third kappa shape index (κ3) is 3.91. The van der Waals surface area contributed by atoms with E-state index in [0.29, 0.717) is 17.0 Å². The lowest BCUT2D eigenvalue weighted by molar-refractivity contribution is -0.274. The first-order valence-corrected chi connectivity index (χ1v) is 6.11. The van der Waals surface area contributed by atoms with E-state index in [1.165, 1.54) is 18.2 Å². The van der Waals surface area contributed by atoms with Crippen LogP contribution in [0, 0.1) is 13.8 Å². The van der Waals surface area contributed by atoms with Gasteiger partial charge in [-0.05, 0) is 37.6 Å². The molecule has 1 aromatic carbocycles. The first-order valence-electron chi connectivity index (χ1n) is 6.11. The number of benzene rings is 1. The van der Waals surface area contributed by atoms with Crippen molar-refractivity contribution in [3.05, 3.63) is 52.8 Å². The van der Waals surface area contributed by atoms with Crippen LogP contribution in [0.1, 0.15) is 28.6 Å². The van der Waals surface area contributed by atoms with Crippen molar-refractivity contribution in [3.63, 3.8) is 0 Å². The molecule has 7 heteroatoms. The van der Waals surface area contributed by atoms with Gasteiger partial charge in [-0.1, -0.05) is 12.1 Å². The average molecular weight is 298 g/mol. The highest BCUT2D eigenvalue weighted by Gasteiger charge is 2.31. The number of aliphatic hydroxyl groups excluding tert-OH is 1. The summed E-state index contributed by atoms with van der Waals surface area (Å²) in [5, 5.41) is 18.0. The molecule has 0 amide bonds. The van der Waals surface area contributed by atoms with Crippen LogP contribution in [-0.2, 0) is 0 Å². The monoisotopic (exact) mass is 298 g/mol. The number of halogens is 3. The van der Waals surface area contributed by atoms with Gasteiger partial charge in [-0.2, -0.15) is 10.2 Å². The van der Waals surface area contributed by atoms with Gasteiger partial charge >= 0.3 is 6.36 Å². The highest BCUT2D eigenvalue weighted by molar-refractivity contribution is 5.36. The summed E-state index contributed by atoms with van der Waals surface area (Å²) >= 11 is 0. The molecule has 1 unspecified atom stereocenters. The van der Waals surface area contributed by atoms with E-state index < -0.39 is 12.5 Å². The Morgan fingerprint density at radius 2 is 1.86 bits per heavy atom. The molecule has 112 valence electrons. The summed E-state index contributed by atoms with van der Waals surface area (Å²) < 4.78 is 40.5. The molecule has 0 saturated heterocycles. The maximum absolute atomic E-state index is 12.2. The van der Waals surface area contributed by atoms with Gasteiger partial charge in [-0.15, -0.1) is 13.2 Å². The Morgan fingerprint density at radius 1 is 1.14 bits per heavy atom. The topological polar surface area (TPSA) is 55.2 Å². The van der Waals surface area contributed by atoms with Gasteiger partial charge in [0.1, 0.15) is 11.9 Å². The maximum atomic E-state index is 12.2. The molecule has 0 bridgehead atoms. The summed E-state index contributed by atoms with van der Waals surface area (Å²) in [6.07, 6.45) is -5.87. The van der Waals surface area contributed by atoms with Gasteiger partial charge in [0.2, 0.25) is 0 Å². The van der Waals surface area contributed by atoms with Crippen molar-refractivity contribution < 1.29 is 23.0 Å². The zero-order valence-electron chi connectivity index (χ0n) is 11.3. The van der Waals surface area contributed by atoms with E-state index in [4.69, 9.17) is 0 Å². The van der Waals surface area contributed by atoms with Gasteiger partial charge in [0, 0.05) is 5.56 Å². The summed E-state index contributed by atoms with van der Waals surface area (Å²) in [4.78, 5) is 0. The Kier molecular flexibility index (Phi) is 4.13. The molecule has 2 rings (SSSR count). The maximum Gasteiger partial charge on any atom is 0.573 e. The zero-order chi connectivity index (χ0) is 15.6. The third-order valence-corrected chi connectivity index (χ3v) is 2.84. The third-order valence-electron chi connectivity index (χ3n) is 2.84. The molecule has 0 saturated carbocycles. The number of nitrogens with zero attached hydrogens (tertiary/aromatic N) is 2. The van der Waals surface area contributed by atoms with E-state index in [0.717, 1.165) is 6.07 Å². The summed E-state index contributed by atoms with van der Waals surface area (Å²) in [5.74, 6) is -0.379. The fourth-order valence-corrected chi connectivity index (χ4v) is 1.91. The van der Waals surface area contributed by atoms with Gasteiger partial charge in [0.05, 0.1) is 11.4 Å². The normalized spacial score (nSPS) is 13.0. The van der Waals surface area contributed by atoms with E-state index in [1.807, 2.05) is 0 Å². The molecule has 0 aliphatic rings. The summed E-state index contributed by atoms with van der Waals surface area (Å²) in [7, 11) is 0. The quantitative estimate of drug-likeness (QED) is 0.946. The predicted molar refractivity (Wildman–Crippen MR) is 68.7 cm³/mol. The number of aliphatic hydroxyl groups is 1. The first-order chi connectivity index (χ1) is 9.76. The molecule has 4 nitrogen and oxygen atoms in total. The molecule has 0 aliphatic heterocycles. The van der Waals surface area contributed by atoms with Crippen LogP contribution in [0.5, 0.6) is 5.75 Å². The van der Waals surface area contributed by atoms with Crippen LogP contribution in [0.15, 0.2) is 30.3 Å². The van der Waals surface area contributed by atoms with Crippen LogP contribution >= 0.6 is 0 Å². The molecule has 2 aromatic rings. The van der Waals surface area contributed by atoms with E-state index in [2.05, 4.69) is 14.9 Å². The zero-order valence-corrected chi connectivity index (χ0v) is 11.3. The number of aromatic nitrogens is 2. The van der Waals surface area contributed by atoms with E-state index in [-0.39, 0.29) is 11.3 Å². The van der Waals surface area contributed by atoms with Crippen molar-refractivity contribution >= 4 is 0 Å². The Hall–Kier alpha value is -2.15. The average Bonchev–Trinajstić information content (AvgIpc) is 2.39. The molecule has 1 heterocycles. The van der Waals surface area contributed by atoms with Crippen LogP contribution in [0.3, 0.4) is 0 Å². The molecule has 0 aliphatic carbocycles. The van der Waals surface area contributed by atoms with E-state index in [1.54, 1.807) is 19.9 Å². The van der Waals surface area contributed by atoms with Gasteiger partial charge in [-0.3, -0.25) is 0 Å². The largest absolute Gasteiger partial charge is 0.573 e. The van der Waals surface area contributed by atoms with Gasteiger partial charge in [-0.25, -0.2) is 0 Å². The first kappa shape index (κ1) is 15.2. The Morgan fingerprint density at radius 3 is 2.52 bits per heavy atom. The lowest BCUT2D eigenvalue weighted by atomic mass is 10.0. The molecular weight excluding hydrogens is 285 g/mol. The minimum atomic E-state index is -4.77. The van der Waals surface area contributed by atoms with Crippen LogP contribution in [0.2, 0.25) is 0 Å². The fraction of sp³-hybridized carbons (Fsp3) is 0.286. The Bertz CT molecular complexity index is 644. The molecule has 0 radical (unpaired) electrons. The predicted octanol–water partition coefficient (Wildman–Crippen LogP) is 3.07. The van der Waals surface area contributed by atoms with E-state index in [9.17, 15) is 18.3 Å². The fourth-order valence-electron chi connectivity index (χ4n) is 1.91. The SMILES string of the molecule is Cc1cc(C(O)c2cccc(OC(F)(F)F)c2)c(C)nn1. The highest BCUT2D eigenvalue weighted by atomic mass is 19.4. The van der Waals surface area contributed by atoms with Crippen molar-refractivity contribution in [1.29, 1.82) is 0 Å². The molecule has 1 aromatic heterocycles. The van der Waals surface area contributed by atoms with Gasteiger partial charge in [0.25, 0.3) is 0 Å². The molecule has 1 atom stereocenters. The van der Waals surface area contributed by atoms with E-state index >= 15 is 0 Å². The number of rotatable bonds is 3. The highest BCUT2D eigenvalue weighted by Crippen LogP contribution is 2.29. The van der Waals surface area contributed by atoms with Gasteiger partial charge < -0.3 is 9.84 Å². The standard InChI is InChI=1S/C14H13F3N2O2/c1-8-6-12(9(2)19-18-8)13(20)10-4-3-5-11(7-10)21-14(15,16)17/h3-7,13,20H,1-2H3. The second kappa shape index (κ2) is 5.69. The van der Waals surface area contributed by atoms with Crippen molar-refractivity contribution in [3.8, 4) is 5.75 Å². The molecule has 0 spiro atoms. The lowest BCUT2D eigenvalue weighted by Crippen LogP contribution is -2.17. The molecule has 0 fully saturated rings. The minimum absolute atomic E-state index is 0.284. The van der Waals surface area contributed by atoms with Crippen LogP contribution in [0.4, 0.5) is 13.2 Å². The summed E-state index contributed by atoms with van der Waals surface area (Å²) in [6.45, 7) is 3.38. The second-order valence-electron chi connectivity index (χ2n) is 4.55. The lowest BCUT2D eigenvalue weighted by Gasteiger charge is -2.15. The Labute approximate surface area is 119 Å². The van der Waals surface area contributed by atoms with Crippen LogP contribution in [0.25, 0.3) is 0 Å². The minimum Gasteiger partial charge on any atom is -0.406 e. The number of hydrogen-bond donors (Lipinski definition) is 1. The Balaban J connectivity index is 2.33. The smallest absolute Gasteiger partial charge is 0.406 e. The van der Waals surface area contributed by atoms with Gasteiger partial charge in [0.15, 0.2) is 0 Å². The summed E-state index contributed by atoms with van der Waals surface area (Å²) in [5.41, 5.74) is 1.89. The van der Waals surface area contributed by atoms with Crippen molar-refractivity contribution in [1.82, 2.24) is 10.2 Å². The van der Waals surface area contributed by atoms with Crippen molar-refractivity contribution in [2.45, 2.75) is 26.3 Å². The number of alkyl halides is 3. The number of ether oxygens (including phenoxy) is 1. The molecular formula is C14H13F3N2O2. The molecule has 1 N–H and O–H groups in total. The second-order valence-corrected chi connectivity index (χ2v) is 4.55.